The molecule has 2 rings (SSSR count). The van der Waals surface area contributed by atoms with E-state index in [0.717, 1.165) is 18.5 Å². The van der Waals surface area contributed by atoms with E-state index in [1.54, 1.807) is 0 Å². The average Bonchev–Trinajstić information content (AvgIpc) is 2.43. The van der Waals surface area contributed by atoms with E-state index in [1.807, 2.05) is 24.3 Å². The van der Waals surface area contributed by atoms with E-state index in [9.17, 15) is 4.79 Å². The summed E-state index contributed by atoms with van der Waals surface area (Å²) in [5, 5.41) is 6.61. The Morgan fingerprint density at radius 1 is 1.24 bits per heavy atom. The number of hydrogen-bond donors (Lipinski definition) is 2. The van der Waals surface area contributed by atoms with Crippen LogP contribution in [0.4, 0.5) is 0 Å². The Balaban J connectivity index is 0.00000220. The highest BCUT2D eigenvalue weighted by Crippen LogP contribution is 2.18. The Bertz CT molecular complexity index is 448. The van der Waals surface area contributed by atoms with E-state index in [4.69, 9.17) is 0 Å². The molecule has 1 aromatic rings. The summed E-state index contributed by atoms with van der Waals surface area (Å²) in [7, 11) is 0. The fourth-order valence-corrected chi connectivity index (χ4v) is 2.86. The van der Waals surface area contributed by atoms with Crippen LogP contribution < -0.4 is 10.6 Å². The van der Waals surface area contributed by atoms with Crippen molar-refractivity contribution in [1.29, 1.82) is 0 Å². The van der Waals surface area contributed by atoms with Crippen LogP contribution in [0.15, 0.2) is 24.3 Å². The van der Waals surface area contributed by atoms with Crippen molar-refractivity contribution in [1.82, 2.24) is 10.6 Å². The van der Waals surface area contributed by atoms with Crippen LogP contribution in [-0.2, 0) is 0 Å². The molecular formula is C17H27ClN2O. The molecule has 0 spiro atoms. The molecule has 118 valence electrons. The van der Waals surface area contributed by atoms with Crippen LogP contribution in [0.25, 0.3) is 0 Å². The smallest absolute Gasteiger partial charge is 0.251 e. The van der Waals surface area contributed by atoms with Crippen molar-refractivity contribution in [3.05, 3.63) is 35.4 Å². The monoisotopic (exact) mass is 310 g/mol. The maximum Gasteiger partial charge on any atom is 0.251 e. The lowest BCUT2D eigenvalue weighted by Crippen LogP contribution is -2.55. The maximum atomic E-state index is 12.3. The van der Waals surface area contributed by atoms with Gasteiger partial charge in [-0.25, -0.2) is 0 Å². The molecule has 0 aromatic heterocycles. The van der Waals surface area contributed by atoms with Crippen LogP contribution in [0.5, 0.6) is 0 Å². The third kappa shape index (κ3) is 4.45. The molecule has 0 aliphatic carbocycles. The lowest BCUT2D eigenvalue weighted by molar-refractivity contribution is 0.0897. The Morgan fingerprint density at radius 3 is 2.38 bits per heavy atom. The Kier molecular flexibility index (Phi) is 6.69. The number of hydrogen-bond acceptors (Lipinski definition) is 2. The number of halogens is 1. The van der Waals surface area contributed by atoms with Crippen LogP contribution in [0, 0.1) is 5.92 Å². The molecule has 1 aliphatic heterocycles. The van der Waals surface area contributed by atoms with Gasteiger partial charge in [-0.2, -0.15) is 0 Å². The summed E-state index contributed by atoms with van der Waals surface area (Å²) in [4.78, 5) is 12.3. The number of rotatable bonds is 3. The first-order chi connectivity index (χ1) is 9.49. The summed E-state index contributed by atoms with van der Waals surface area (Å²) in [5.74, 6) is 1.05. The highest BCUT2D eigenvalue weighted by molar-refractivity contribution is 5.94. The SMILES string of the molecule is CC(C)c1ccc(C(=O)NC2C(C)CCNC2C)cc1.Cl. The second-order valence-corrected chi connectivity index (χ2v) is 6.28. The number of carbonyl (C=O) groups is 1. The maximum absolute atomic E-state index is 12.3. The third-order valence-electron chi connectivity index (χ3n) is 4.36. The Morgan fingerprint density at radius 2 is 1.86 bits per heavy atom. The van der Waals surface area contributed by atoms with Gasteiger partial charge in [0.05, 0.1) is 0 Å². The number of nitrogens with one attached hydrogen (secondary N) is 2. The fourth-order valence-electron chi connectivity index (χ4n) is 2.86. The quantitative estimate of drug-likeness (QED) is 0.899. The topological polar surface area (TPSA) is 41.1 Å². The molecule has 3 nitrogen and oxygen atoms in total. The molecule has 1 heterocycles. The van der Waals surface area contributed by atoms with E-state index < -0.39 is 0 Å². The summed E-state index contributed by atoms with van der Waals surface area (Å²) >= 11 is 0. The van der Waals surface area contributed by atoms with E-state index in [1.165, 1.54) is 5.56 Å². The largest absolute Gasteiger partial charge is 0.347 e. The van der Waals surface area contributed by atoms with Gasteiger partial charge in [-0.1, -0.05) is 32.9 Å². The van der Waals surface area contributed by atoms with Crippen LogP contribution in [0.3, 0.4) is 0 Å². The van der Waals surface area contributed by atoms with Crippen LogP contribution in [0.2, 0.25) is 0 Å². The van der Waals surface area contributed by atoms with Crippen molar-refractivity contribution in [3.8, 4) is 0 Å². The Hall–Kier alpha value is -1.06. The molecule has 1 amide bonds. The van der Waals surface area contributed by atoms with Gasteiger partial charge in [-0.15, -0.1) is 12.4 Å². The highest BCUT2D eigenvalue weighted by atomic mass is 35.5. The molecule has 1 fully saturated rings. The molecule has 3 atom stereocenters. The van der Waals surface area contributed by atoms with E-state index in [2.05, 4.69) is 38.3 Å². The minimum absolute atomic E-state index is 0. The predicted molar refractivity (Wildman–Crippen MR) is 90.3 cm³/mol. The molecule has 3 unspecified atom stereocenters. The molecular weight excluding hydrogens is 284 g/mol. The van der Waals surface area contributed by atoms with Crippen LogP contribution >= 0.6 is 12.4 Å². The standard InChI is InChI=1S/C17H26N2O.ClH/c1-11(2)14-5-7-15(8-6-14)17(20)19-16-12(3)9-10-18-13(16)4;/h5-8,11-13,16,18H,9-10H2,1-4H3,(H,19,20);1H. The lowest BCUT2D eigenvalue weighted by atomic mass is 9.89. The molecule has 1 aliphatic rings. The van der Waals surface area contributed by atoms with E-state index in [0.29, 0.717) is 17.9 Å². The first kappa shape index (κ1) is 18.0. The van der Waals surface area contributed by atoms with Gasteiger partial charge in [0.1, 0.15) is 0 Å². The van der Waals surface area contributed by atoms with Crippen molar-refractivity contribution >= 4 is 18.3 Å². The minimum Gasteiger partial charge on any atom is -0.347 e. The summed E-state index contributed by atoms with van der Waals surface area (Å²) in [6.07, 6.45) is 1.11. The van der Waals surface area contributed by atoms with Crippen molar-refractivity contribution < 1.29 is 4.79 Å². The Labute approximate surface area is 134 Å². The predicted octanol–water partition coefficient (Wildman–Crippen LogP) is 3.35. The summed E-state index contributed by atoms with van der Waals surface area (Å²) in [6.45, 7) is 9.71. The van der Waals surface area contributed by atoms with Gasteiger partial charge < -0.3 is 10.6 Å². The van der Waals surface area contributed by atoms with Crippen molar-refractivity contribution in [2.45, 2.75) is 52.1 Å². The molecule has 1 aromatic carbocycles. The third-order valence-corrected chi connectivity index (χ3v) is 4.36. The minimum atomic E-state index is 0. The number of piperidine rings is 1. The average molecular weight is 311 g/mol. The second kappa shape index (κ2) is 7.81. The second-order valence-electron chi connectivity index (χ2n) is 6.28. The molecule has 4 heteroatoms. The number of benzene rings is 1. The van der Waals surface area contributed by atoms with Crippen molar-refractivity contribution in [2.24, 2.45) is 5.92 Å². The van der Waals surface area contributed by atoms with Gasteiger partial charge in [0.2, 0.25) is 0 Å². The molecule has 0 radical (unpaired) electrons. The zero-order valence-electron chi connectivity index (χ0n) is 13.3. The van der Waals surface area contributed by atoms with Gasteiger partial charge in [-0.05, 0) is 49.4 Å². The van der Waals surface area contributed by atoms with Crippen LogP contribution in [0.1, 0.15) is 56.0 Å². The number of carbonyl (C=O) groups excluding carboxylic acids is 1. The van der Waals surface area contributed by atoms with Crippen molar-refractivity contribution in [3.63, 3.8) is 0 Å². The summed E-state index contributed by atoms with van der Waals surface area (Å²) in [5.41, 5.74) is 2.02. The lowest BCUT2D eigenvalue weighted by Gasteiger charge is -2.36. The molecule has 0 bridgehead atoms. The van der Waals surface area contributed by atoms with E-state index in [-0.39, 0.29) is 24.4 Å². The van der Waals surface area contributed by atoms with E-state index >= 15 is 0 Å². The summed E-state index contributed by atoms with van der Waals surface area (Å²) in [6, 6.07) is 8.49. The fraction of sp³-hybridized carbons (Fsp3) is 0.588. The van der Waals surface area contributed by atoms with Gasteiger partial charge in [0.25, 0.3) is 5.91 Å². The highest BCUT2D eigenvalue weighted by Gasteiger charge is 2.28. The van der Waals surface area contributed by atoms with Crippen LogP contribution in [-0.4, -0.2) is 24.5 Å². The summed E-state index contributed by atoms with van der Waals surface area (Å²) < 4.78 is 0. The normalized spacial score (nSPS) is 25.3. The number of amides is 1. The van der Waals surface area contributed by atoms with Gasteiger partial charge >= 0.3 is 0 Å². The van der Waals surface area contributed by atoms with Crippen molar-refractivity contribution in [2.75, 3.05) is 6.54 Å². The zero-order chi connectivity index (χ0) is 14.7. The van der Waals surface area contributed by atoms with Gasteiger partial charge in [-0.3, -0.25) is 4.79 Å². The first-order valence-corrected chi connectivity index (χ1v) is 7.63. The molecule has 2 N–H and O–H groups in total. The molecule has 1 saturated heterocycles. The molecule has 0 saturated carbocycles. The zero-order valence-corrected chi connectivity index (χ0v) is 14.2. The first-order valence-electron chi connectivity index (χ1n) is 7.63. The molecule has 21 heavy (non-hydrogen) atoms. The van der Waals surface area contributed by atoms with Gasteiger partial charge in [0.15, 0.2) is 0 Å². The van der Waals surface area contributed by atoms with Gasteiger partial charge in [0, 0.05) is 17.6 Å².